The predicted octanol–water partition coefficient (Wildman–Crippen LogP) is 5.02. The molecule has 5 heteroatoms. The Hall–Kier alpha value is -3.21. The molecular formula is C22H22FN3O. The monoisotopic (exact) mass is 363 g/mol. The molecule has 0 saturated carbocycles. The summed E-state index contributed by atoms with van der Waals surface area (Å²) >= 11 is 0. The summed E-state index contributed by atoms with van der Waals surface area (Å²) in [6.07, 6.45) is 3.16. The Morgan fingerprint density at radius 2 is 1.81 bits per heavy atom. The third-order valence-electron chi connectivity index (χ3n) is 4.18. The van der Waals surface area contributed by atoms with E-state index in [0.29, 0.717) is 23.5 Å². The molecule has 0 aliphatic carbocycles. The van der Waals surface area contributed by atoms with Gasteiger partial charge in [-0.25, -0.2) is 4.39 Å². The van der Waals surface area contributed by atoms with E-state index in [0.717, 1.165) is 5.56 Å². The molecule has 27 heavy (non-hydrogen) atoms. The lowest BCUT2D eigenvalue weighted by Gasteiger charge is -2.27. The summed E-state index contributed by atoms with van der Waals surface area (Å²) in [7, 11) is 0. The van der Waals surface area contributed by atoms with Gasteiger partial charge in [0.05, 0.1) is 17.4 Å². The molecule has 0 unspecified atom stereocenters. The normalized spacial score (nSPS) is 10.7. The van der Waals surface area contributed by atoms with Crippen LogP contribution in [-0.4, -0.2) is 21.8 Å². The second-order valence-electron chi connectivity index (χ2n) is 6.61. The van der Waals surface area contributed by atoms with Crippen molar-refractivity contribution in [2.24, 2.45) is 0 Å². The zero-order valence-electron chi connectivity index (χ0n) is 15.4. The Morgan fingerprint density at radius 3 is 2.52 bits per heavy atom. The van der Waals surface area contributed by atoms with Gasteiger partial charge in [-0.15, -0.1) is 0 Å². The van der Waals surface area contributed by atoms with E-state index < -0.39 is 0 Å². The number of hydrogen-bond acceptors (Lipinski definition) is 3. The average Bonchev–Trinajstić information content (AvgIpc) is 2.66. The van der Waals surface area contributed by atoms with Crippen LogP contribution < -0.4 is 5.32 Å². The lowest BCUT2D eigenvalue weighted by Crippen LogP contribution is -2.36. The molecule has 0 atom stereocenters. The van der Waals surface area contributed by atoms with Gasteiger partial charge in [-0.05, 0) is 43.7 Å². The third-order valence-corrected chi connectivity index (χ3v) is 4.18. The van der Waals surface area contributed by atoms with E-state index in [9.17, 15) is 9.18 Å². The zero-order chi connectivity index (χ0) is 19.2. The minimum atomic E-state index is -0.325. The van der Waals surface area contributed by atoms with Gasteiger partial charge in [-0.3, -0.25) is 9.78 Å². The zero-order valence-corrected chi connectivity index (χ0v) is 15.4. The van der Waals surface area contributed by atoms with Crippen molar-refractivity contribution in [3.05, 3.63) is 90.0 Å². The van der Waals surface area contributed by atoms with E-state index in [1.54, 1.807) is 35.5 Å². The van der Waals surface area contributed by atoms with E-state index in [4.69, 9.17) is 0 Å². The van der Waals surface area contributed by atoms with Crippen LogP contribution in [0, 0.1) is 5.82 Å². The molecule has 0 aliphatic heterocycles. The molecule has 0 spiro atoms. The first-order valence-electron chi connectivity index (χ1n) is 8.85. The molecule has 1 heterocycles. The maximum Gasteiger partial charge on any atom is 0.256 e. The van der Waals surface area contributed by atoms with Gasteiger partial charge < -0.3 is 10.2 Å². The van der Waals surface area contributed by atoms with Crippen LogP contribution in [0.2, 0.25) is 0 Å². The highest BCUT2D eigenvalue weighted by Gasteiger charge is 2.19. The maximum absolute atomic E-state index is 13.4. The molecule has 1 aromatic heterocycles. The fraction of sp³-hybridized carbons (Fsp3) is 0.182. The molecule has 0 bridgehead atoms. The van der Waals surface area contributed by atoms with Crippen molar-refractivity contribution in [1.29, 1.82) is 0 Å². The van der Waals surface area contributed by atoms with Gasteiger partial charge in [0.1, 0.15) is 5.82 Å². The van der Waals surface area contributed by atoms with Crippen molar-refractivity contribution in [2.45, 2.75) is 26.4 Å². The fourth-order valence-corrected chi connectivity index (χ4v) is 2.79. The second-order valence-corrected chi connectivity index (χ2v) is 6.61. The quantitative estimate of drug-likeness (QED) is 0.669. The van der Waals surface area contributed by atoms with Crippen LogP contribution in [-0.2, 0) is 6.54 Å². The summed E-state index contributed by atoms with van der Waals surface area (Å²) in [4.78, 5) is 19.0. The number of carbonyl (C=O) groups excluding carboxylic acids is 1. The third kappa shape index (κ3) is 4.91. The van der Waals surface area contributed by atoms with E-state index >= 15 is 0 Å². The van der Waals surface area contributed by atoms with E-state index in [1.165, 1.54) is 12.1 Å². The molecule has 1 amide bonds. The number of nitrogens with zero attached hydrogens (tertiary/aromatic N) is 2. The van der Waals surface area contributed by atoms with Crippen molar-refractivity contribution in [3.63, 3.8) is 0 Å². The number of rotatable bonds is 6. The van der Waals surface area contributed by atoms with Gasteiger partial charge in [0.15, 0.2) is 0 Å². The number of aromatic nitrogens is 1. The summed E-state index contributed by atoms with van der Waals surface area (Å²) in [5.41, 5.74) is 2.80. The summed E-state index contributed by atoms with van der Waals surface area (Å²) in [5.74, 6) is -0.418. The van der Waals surface area contributed by atoms with Crippen molar-refractivity contribution >= 4 is 17.3 Å². The number of anilines is 2. The molecular weight excluding hydrogens is 341 g/mol. The van der Waals surface area contributed by atoms with E-state index in [2.05, 4.69) is 10.3 Å². The number of halogens is 1. The first-order valence-corrected chi connectivity index (χ1v) is 8.85. The summed E-state index contributed by atoms with van der Waals surface area (Å²) in [6, 6.07) is 17.8. The van der Waals surface area contributed by atoms with Gasteiger partial charge in [0.25, 0.3) is 5.91 Å². The molecule has 2 aromatic carbocycles. The number of amides is 1. The van der Waals surface area contributed by atoms with Gasteiger partial charge in [0.2, 0.25) is 0 Å². The molecule has 3 aromatic rings. The maximum atomic E-state index is 13.4. The fourth-order valence-electron chi connectivity index (χ4n) is 2.79. The minimum absolute atomic E-state index is 0.0394. The van der Waals surface area contributed by atoms with E-state index in [-0.39, 0.29) is 17.8 Å². The molecule has 4 nitrogen and oxygen atoms in total. The van der Waals surface area contributed by atoms with Crippen LogP contribution >= 0.6 is 0 Å². The number of nitrogens with one attached hydrogen (secondary N) is 1. The number of hydrogen-bond donors (Lipinski definition) is 1. The van der Waals surface area contributed by atoms with Crippen LogP contribution in [0.1, 0.15) is 29.8 Å². The Labute approximate surface area is 158 Å². The molecule has 3 rings (SSSR count). The smallest absolute Gasteiger partial charge is 0.256 e. The Morgan fingerprint density at radius 1 is 1.04 bits per heavy atom. The van der Waals surface area contributed by atoms with Crippen LogP contribution in [0.25, 0.3) is 0 Å². The van der Waals surface area contributed by atoms with Crippen LogP contribution in [0.5, 0.6) is 0 Å². The standard InChI is InChI=1S/C22H22FN3O/c1-16(2)26(15-17-7-4-3-5-8-17)22(27)18-11-21(14-24-13-18)25-20-10-6-9-19(23)12-20/h3-14,16,25H,15H2,1-2H3. The summed E-state index contributed by atoms with van der Waals surface area (Å²) in [5, 5.41) is 3.08. The molecule has 0 aliphatic rings. The van der Waals surface area contributed by atoms with Crippen LogP contribution in [0.3, 0.4) is 0 Å². The summed E-state index contributed by atoms with van der Waals surface area (Å²) < 4.78 is 13.4. The Bertz CT molecular complexity index is 912. The minimum Gasteiger partial charge on any atom is -0.354 e. The van der Waals surface area contributed by atoms with E-state index in [1.807, 2.05) is 44.2 Å². The van der Waals surface area contributed by atoms with Gasteiger partial charge in [0, 0.05) is 24.5 Å². The van der Waals surface area contributed by atoms with Crippen molar-refractivity contribution < 1.29 is 9.18 Å². The van der Waals surface area contributed by atoms with Gasteiger partial charge in [-0.1, -0.05) is 36.4 Å². The van der Waals surface area contributed by atoms with Crippen molar-refractivity contribution in [2.75, 3.05) is 5.32 Å². The predicted molar refractivity (Wildman–Crippen MR) is 105 cm³/mol. The van der Waals surface area contributed by atoms with Gasteiger partial charge >= 0.3 is 0 Å². The van der Waals surface area contributed by atoms with Gasteiger partial charge in [-0.2, -0.15) is 0 Å². The Balaban J connectivity index is 1.80. The topological polar surface area (TPSA) is 45.2 Å². The lowest BCUT2D eigenvalue weighted by molar-refractivity contribution is 0.0690. The largest absolute Gasteiger partial charge is 0.354 e. The highest BCUT2D eigenvalue weighted by Crippen LogP contribution is 2.19. The number of benzene rings is 2. The SMILES string of the molecule is CC(C)N(Cc1ccccc1)C(=O)c1cncc(Nc2cccc(F)c2)c1. The van der Waals surface area contributed by atoms with Crippen molar-refractivity contribution in [3.8, 4) is 0 Å². The highest BCUT2D eigenvalue weighted by atomic mass is 19.1. The second kappa shape index (κ2) is 8.45. The van der Waals surface area contributed by atoms with Crippen molar-refractivity contribution in [1.82, 2.24) is 9.88 Å². The highest BCUT2D eigenvalue weighted by molar-refractivity contribution is 5.95. The molecule has 0 radical (unpaired) electrons. The van der Waals surface area contributed by atoms with Crippen LogP contribution in [0.4, 0.5) is 15.8 Å². The molecule has 1 N–H and O–H groups in total. The van der Waals surface area contributed by atoms with Crippen LogP contribution in [0.15, 0.2) is 73.1 Å². The average molecular weight is 363 g/mol. The molecule has 0 saturated heterocycles. The first-order chi connectivity index (χ1) is 13.0. The molecule has 0 fully saturated rings. The first kappa shape index (κ1) is 18.6. The number of pyridine rings is 1. The lowest BCUT2D eigenvalue weighted by atomic mass is 10.1. The Kier molecular flexibility index (Phi) is 5.81. The number of carbonyl (C=O) groups is 1. The summed E-state index contributed by atoms with van der Waals surface area (Å²) in [6.45, 7) is 4.51. The molecule has 138 valence electrons.